The number of nitrogens with zero attached hydrogens (tertiary/aromatic N) is 2. The van der Waals surface area contributed by atoms with Gasteiger partial charge in [0.15, 0.2) is 0 Å². The van der Waals surface area contributed by atoms with Crippen LogP contribution in [-0.2, 0) is 0 Å². The molecule has 1 heterocycles. The molecule has 5 heteroatoms. The summed E-state index contributed by atoms with van der Waals surface area (Å²) in [5.74, 6) is 0.482. The molecule has 1 atom stereocenters. The molecular formula is C18H24N4O. The Morgan fingerprint density at radius 3 is 2.52 bits per heavy atom. The van der Waals surface area contributed by atoms with Crippen molar-refractivity contribution in [3.8, 4) is 0 Å². The summed E-state index contributed by atoms with van der Waals surface area (Å²) in [5.41, 5.74) is 3.23. The normalized spacial score (nSPS) is 11.8. The Morgan fingerprint density at radius 2 is 1.87 bits per heavy atom. The second-order valence-corrected chi connectivity index (χ2v) is 5.84. The summed E-state index contributed by atoms with van der Waals surface area (Å²) in [7, 11) is 0. The molecule has 1 amide bonds. The summed E-state index contributed by atoms with van der Waals surface area (Å²) in [6.45, 7) is 7.99. The summed E-state index contributed by atoms with van der Waals surface area (Å²) in [6.07, 6.45) is 2.02. The molecule has 0 saturated heterocycles. The molecule has 0 bridgehead atoms. The Balaban J connectivity index is 2.11. The van der Waals surface area contributed by atoms with Gasteiger partial charge in [0.2, 0.25) is 5.95 Å². The Kier molecular flexibility index (Phi) is 5.68. The van der Waals surface area contributed by atoms with Gasteiger partial charge in [0.05, 0.1) is 0 Å². The highest BCUT2D eigenvalue weighted by molar-refractivity contribution is 5.95. The Labute approximate surface area is 137 Å². The van der Waals surface area contributed by atoms with Gasteiger partial charge in [-0.1, -0.05) is 19.4 Å². The third-order valence-corrected chi connectivity index (χ3v) is 3.46. The maximum Gasteiger partial charge on any atom is 0.251 e. The topological polar surface area (TPSA) is 66.9 Å². The fraction of sp³-hybridized carbons (Fsp3) is 0.389. The summed E-state index contributed by atoms with van der Waals surface area (Å²) in [6, 6.07) is 9.46. The molecule has 0 aliphatic heterocycles. The van der Waals surface area contributed by atoms with Crippen molar-refractivity contribution in [2.75, 3.05) is 5.32 Å². The van der Waals surface area contributed by atoms with Crippen LogP contribution in [0.2, 0.25) is 0 Å². The predicted octanol–water partition coefficient (Wildman–Crippen LogP) is 3.76. The number of rotatable bonds is 6. The largest absolute Gasteiger partial charge is 0.350 e. The van der Waals surface area contributed by atoms with E-state index in [1.807, 2.05) is 51.1 Å². The van der Waals surface area contributed by atoms with Gasteiger partial charge >= 0.3 is 0 Å². The number of carbonyl (C=O) groups is 1. The average Bonchev–Trinajstić information content (AvgIpc) is 2.46. The molecule has 23 heavy (non-hydrogen) atoms. The molecule has 2 N–H and O–H groups in total. The molecule has 1 aromatic heterocycles. The minimum absolute atomic E-state index is 0.0593. The van der Waals surface area contributed by atoms with Crippen molar-refractivity contribution >= 4 is 17.5 Å². The molecule has 0 radical (unpaired) electrons. The van der Waals surface area contributed by atoms with E-state index in [4.69, 9.17) is 0 Å². The maximum absolute atomic E-state index is 12.3. The standard InChI is InChI=1S/C18H24N4O/c1-5-7-12(2)19-17(23)15-8-6-9-16(11-15)22-18-20-13(3)10-14(4)21-18/h6,8-12H,5,7H2,1-4H3,(H,19,23)(H,20,21,22)/t12-/m1/s1. The lowest BCUT2D eigenvalue weighted by atomic mass is 10.1. The molecule has 2 rings (SSSR count). The molecule has 0 aliphatic rings. The molecule has 0 aliphatic carbocycles. The molecule has 122 valence electrons. The van der Waals surface area contributed by atoms with Gasteiger partial charge in [-0.05, 0) is 51.5 Å². The third-order valence-electron chi connectivity index (χ3n) is 3.46. The zero-order chi connectivity index (χ0) is 16.8. The van der Waals surface area contributed by atoms with Crippen molar-refractivity contribution in [3.05, 3.63) is 47.3 Å². The van der Waals surface area contributed by atoms with E-state index >= 15 is 0 Å². The number of aromatic nitrogens is 2. The van der Waals surface area contributed by atoms with Crippen LogP contribution in [0.1, 0.15) is 48.4 Å². The first-order valence-corrected chi connectivity index (χ1v) is 7.98. The highest BCUT2D eigenvalue weighted by atomic mass is 16.1. The van der Waals surface area contributed by atoms with Gasteiger partial charge in [-0.15, -0.1) is 0 Å². The summed E-state index contributed by atoms with van der Waals surface area (Å²) >= 11 is 0. The van der Waals surface area contributed by atoms with E-state index in [0.717, 1.165) is 29.9 Å². The highest BCUT2D eigenvalue weighted by Gasteiger charge is 2.10. The lowest BCUT2D eigenvalue weighted by molar-refractivity contribution is 0.0938. The first-order chi connectivity index (χ1) is 11.0. The van der Waals surface area contributed by atoms with Crippen molar-refractivity contribution < 1.29 is 4.79 Å². The quantitative estimate of drug-likeness (QED) is 0.852. The van der Waals surface area contributed by atoms with E-state index in [1.165, 1.54) is 0 Å². The van der Waals surface area contributed by atoms with E-state index in [9.17, 15) is 4.79 Å². The van der Waals surface area contributed by atoms with Gasteiger partial charge in [0, 0.05) is 28.7 Å². The molecule has 0 fully saturated rings. The van der Waals surface area contributed by atoms with Gasteiger partial charge in [-0.25, -0.2) is 9.97 Å². The van der Waals surface area contributed by atoms with E-state index in [1.54, 1.807) is 0 Å². The predicted molar refractivity (Wildman–Crippen MR) is 93.1 cm³/mol. The first-order valence-electron chi connectivity index (χ1n) is 7.98. The Bertz CT molecular complexity index is 664. The van der Waals surface area contributed by atoms with Crippen LogP contribution in [0.25, 0.3) is 0 Å². The smallest absolute Gasteiger partial charge is 0.251 e. The van der Waals surface area contributed by atoms with Crippen molar-refractivity contribution in [2.45, 2.75) is 46.6 Å². The monoisotopic (exact) mass is 312 g/mol. The van der Waals surface area contributed by atoms with Crippen molar-refractivity contribution in [3.63, 3.8) is 0 Å². The second-order valence-electron chi connectivity index (χ2n) is 5.84. The lowest BCUT2D eigenvalue weighted by Gasteiger charge is -2.13. The number of benzene rings is 1. The van der Waals surface area contributed by atoms with E-state index in [-0.39, 0.29) is 11.9 Å². The van der Waals surface area contributed by atoms with Crippen LogP contribution in [0.5, 0.6) is 0 Å². The van der Waals surface area contributed by atoms with Crippen LogP contribution < -0.4 is 10.6 Å². The fourth-order valence-corrected chi connectivity index (χ4v) is 2.46. The molecule has 1 aromatic carbocycles. The second kappa shape index (κ2) is 7.72. The maximum atomic E-state index is 12.3. The Morgan fingerprint density at radius 1 is 1.17 bits per heavy atom. The molecule has 0 spiro atoms. The summed E-state index contributed by atoms with van der Waals surface area (Å²) in [5, 5.41) is 6.17. The molecular weight excluding hydrogens is 288 g/mol. The van der Waals surface area contributed by atoms with E-state index < -0.39 is 0 Å². The Hall–Kier alpha value is -2.43. The SMILES string of the molecule is CCC[C@@H](C)NC(=O)c1cccc(Nc2nc(C)cc(C)n2)c1. The van der Waals surface area contributed by atoms with Crippen LogP contribution >= 0.6 is 0 Å². The van der Waals surface area contributed by atoms with Crippen molar-refractivity contribution in [2.24, 2.45) is 0 Å². The first kappa shape index (κ1) is 16.9. The number of carbonyl (C=O) groups excluding carboxylic acids is 1. The van der Waals surface area contributed by atoms with Gasteiger partial charge in [0.25, 0.3) is 5.91 Å². The van der Waals surface area contributed by atoms with Crippen LogP contribution in [0.3, 0.4) is 0 Å². The van der Waals surface area contributed by atoms with Crippen LogP contribution in [0.15, 0.2) is 30.3 Å². The van der Waals surface area contributed by atoms with Gasteiger partial charge in [-0.2, -0.15) is 0 Å². The minimum Gasteiger partial charge on any atom is -0.350 e. The van der Waals surface area contributed by atoms with Crippen LogP contribution in [0, 0.1) is 13.8 Å². The zero-order valence-corrected chi connectivity index (χ0v) is 14.2. The van der Waals surface area contributed by atoms with Gasteiger partial charge in [-0.3, -0.25) is 4.79 Å². The lowest BCUT2D eigenvalue weighted by Crippen LogP contribution is -2.32. The summed E-state index contributed by atoms with van der Waals surface area (Å²) < 4.78 is 0. The number of hydrogen-bond donors (Lipinski definition) is 2. The third kappa shape index (κ3) is 5.06. The number of nitrogens with one attached hydrogen (secondary N) is 2. The number of aryl methyl sites for hydroxylation is 2. The van der Waals surface area contributed by atoms with E-state index in [0.29, 0.717) is 11.5 Å². The van der Waals surface area contributed by atoms with Gasteiger partial charge < -0.3 is 10.6 Å². The number of amides is 1. The fourth-order valence-electron chi connectivity index (χ4n) is 2.46. The summed E-state index contributed by atoms with van der Waals surface area (Å²) in [4.78, 5) is 21.0. The number of hydrogen-bond acceptors (Lipinski definition) is 4. The molecule has 5 nitrogen and oxygen atoms in total. The van der Waals surface area contributed by atoms with Gasteiger partial charge in [0.1, 0.15) is 0 Å². The molecule has 0 unspecified atom stereocenters. The minimum atomic E-state index is -0.0593. The number of anilines is 2. The van der Waals surface area contributed by atoms with Crippen molar-refractivity contribution in [1.29, 1.82) is 0 Å². The zero-order valence-electron chi connectivity index (χ0n) is 14.2. The van der Waals surface area contributed by atoms with Crippen LogP contribution in [0.4, 0.5) is 11.6 Å². The van der Waals surface area contributed by atoms with Crippen molar-refractivity contribution in [1.82, 2.24) is 15.3 Å². The highest BCUT2D eigenvalue weighted by Crippen LogP contribution is 2.16. The van der Waals surface area contributed by atoms with E-state index in [2.05, 4.69) is 27.5 Å². The average molecular weight is 312 g/mol. The van der Waals surface area contributed by atoms with Crippen LogP contribution in [-0.4, -0.2) is 21.9 Å². The molecule has 0 saturated carbocycles. The molecule has 2 aromatic rings.